The van der Waals surface area contributed by atoms with Crippen LogP contribution in [0.3, 0.4) is 0 Å². The first-order valence-electron chi connectivity index (χ1n) is 5.04. The van der Waals surface area contributed by atoms with Crippen molar-refractivity contribution in [1.29, 1.82) is 0 Å². The average Bonchev–Trinajstić information content (AvgIpc) is 2.30. The summed E-state index contributed by atoms with van der Waals surface area (Å²) < 4.78 is 2.24. The number of benzene rings is 1. The van der Waals surface area contributed by atoms with E-state index in [2.05, 4.69) is 4.98 Å². The highest BCUT2D eigenvalue weighted by molar-refractivity contribution is 14.1. The molecule has 0 atom stereocenters. The number of hydrogen-bond acceptors (Lipinski definition) is 2. The Labute approximate surface area is 118 Å². The highest BCUT2D eigenvalue weighted by Gasteiger charge is 2.05. The predicted octanol–water partition coefficient (Wildman–Crippen LogP) is 2.86. The molecule has 0 spiro atoms. The van der Waals surface area contributed by atoms with Crippen LogP contribution in [0, 0.1) is 10.5 Å². The van der Waals surface area contributed by atoms with Crippen molar-refractivity contribution in [3.8, 4) is 0 Å². The lowest BCUT2D eigenvalue weighted by Crippen LogP contribution is -2.24. The van der Waals surface area contributed by atoms with Crippen molar-refractivity contribution >= 4 is 34.2 Å². The van der Waals surface area contributed by atoms with Gasteiger partial charge in [0.2, 0.25) is 0 Å². The molecule has 0 amide bonds. The Bertz CT molecular complexity index is 610. The third-order valence-electron chi connectivity index (χ3n) is 2.40. The maximum Gasteiger partial charge on any atom is 0.267 e. The largest absolute Gasteiger partial charge is 0.294 e. The summed E-state index contributed by atoms with van der Waals surface area (Å²) in [5.74, 6) is 0. The van der Waals surface area contributed by atoms with Gasteiger partial charge in [-0.3, -0.25) is 9.36 Å². The third kappa shape index (κ3) is 2.87. The molecule has 3 nitrogen and oxygen atoms in total. The van der Waals surface area contributed by atoms with Gasteiger partial charge in [-0.25, -0.2) is 4.98 Å². The van der Waals surface area contributed by atoms with E-state index in [4.69, 9.17) is 11.6 Å². The first kappa shape index (κ1) is 12.6. The van der Waals surface area contributed by atoms with E-state index in [0.717, 1.165) is 11.3 Å². The lowest BCUT2D eigenvalue weighted by atomic mass is 10.2. The van der Waals surface area contributed by atoms with Gasteiger partial charge in [-0.2, -0.15) is 0 Å². The topological polar surface area (TPSA) is 34.9 Å². The molecule has 2 rings (SSSR count). The average molecular weight is 361 g/mol. The first-order chi connectivity index (χ1) is 8.08. The number of aromatic nitrogens is 2. The summed E-state index contributed by atoms with van der Waals surface area (Å²) in [4.78, 5) is 16.1. The molecule has 17 heavy (non-hydrogen) atoms. The summed E-state index contributed by atoms with van der Waals surface area (Å²) >= 11 is 7.92. The molecule has 0 bridgehead atoms. The van der Waals surface area contributed by atoms with Crippen molar-refractivity contribution < 1.29 is 0 Å². The Morgan fingerprint density at radius 2 is 2.24 bits per heavy atom. The van der Waals surface area contributed by atoms with Crippen LogP contribution in [-0.2, 0) is 6.54 Å². The van der Waals surface area contributed by atoms with E-state index in [-0.39, 0.29) is 5.56 Å². The van der Waals surface area contributed by atoms with Gasteiger partial charge in [0.25, 0.3) is 5.56 Å². The minimum absolute atomic E-state index is 0.0157. The molecular formula is C12H10ClIN2O. The Hall–Kier alpha value is -0.880. The van der Waals surface area contributed by atoms with Crippen molar-refractivity contribution in [1.82, 2.24) is 9.55 Å². The predicted molar refractivity (Wildman–Crippen MR) is 76.5 cm³/mol. The fourth-order valence-corrected chi connectivity index (χ4v) is 2.15. The Balaban J connectivity index is 2.37. The van der Waals surface area contributed by atoms with Crippen molar-refractivity contribution in [3.05, 3.63) is 60.8 Å². The molecule has 1 aromatic carbocycles. The maximum atomic E-state index is 12.0. The number of halogens is 2. The number of hydrogen-bond donors (Lipinski definition) is 0. The molecule has 1 heterocycles. The van der Waals surface area contributed by atoms with Crippen LogP contribution in [0.5, 0.6) is 0 Å². The quantitative estimate of drug-likeness (QED) is 0.772. The van der Waals surface area contributed by atoms with Crippen LogP contribution < -0.4 is 5.56 Å². The van der Waals surface area contributed by atoms with E-state index in [0.29, 0.717) is 15.1 Å². The maximum absolute atomic E-state index is 12.0. The minimum atomic E-state index is -0.0157. The van der Waals surface area contributed by atoms with Gasteiger partial charge in [-0.15, -0.1) is 0 Å². The summed E-state index contributed by atoms with van der Waals surface area (Å²) in [6.07, 6.45) is 1.57. The molecule has 0 N–H and O–H groups in total. The van der Waals surface area contributed by atoms with Gasteiger partial charge in [0.1, 0.15) is 0 Å². The van der Waals surface area contributed by atoms with Crippen molar-refractivity contribution in [2.75, 3.05) is 0 Å². The highest BCUT2D eigenvalue weighted by Crippen LogP contribution is 2.11. The second-order valence-corrected chi connectivity index (χ2v) is 5.22. The van der Waals surface area contributed by atoms with Crippen LogP contribution in [0.4, 0.5) is 0 Å². The normalized spacial score (nSPS) is 10.5. The van der Waals surface area contributed by atoms with E-state index < -0.39 is 0 Å². The second kappa shape index (κ2) is 5.18. The van der Waals surface area contributed by atoms with Crippen LogP contribution in [-0.4, -0.2) is 9.55 Å². The lowest BCUT2D eigenvalue weighted by Gasteiger charge is -2.07. The van der Waals surface area contributed by atoms with Crippen LogP contribution >= 0.6 is 34.2 Å². The van der Waals surface area contributed by atoms with Gasteiger partial charge in [0.15, 0.2) is 0 Å². The number of rotatable bonds is 2. The number of aryl methyl sites for hydroxylation is 1. The zero-order chi connectivity index (χ0) is 12.4. The van der Waals surface area contributed by atoms with Gasteiger partial charge in [-0.05, 0) is 47.2 Å². The monoisotopic (exact) mass is 360 g/mol. The Morgan fingerprint density at radius 1 is 1.47 bits per heavy atom. The minimum Gasteiger partial charge on any atom is -0.294 e. The molecule has 0 radical (unpaired) electrons. The molecule has 2 aromatic rings. The van der Waals surface area contributed by atoms with E-state index in [9.17, 15) is 4.79 Å². The summed E-state index contributed by atoms with van der Waals surface area (Å²) in [5.41, 5.74) is 1.73. The van der Waals surface area contributed by atoms with E-state index in [1.54, 1.807) is 10.9 Å². The molecule has 0 saturated heterocycles. The number of nitrogens with zero attached hydrogens (tertiary/aromatic N) is 2. The van der Waals surface area contributed by atoms with Crippen molar-refractivity contribution in [3.63, 3.8) is 0 Å². The molecule has 0 saturated carbocycles. The molecule has 1 aromatic heterocycles. The summed E-state index contributed by atoms with van der Waals surface area (Å²) in [6, 6.07) is 7.46. The van der Waals surface area contributed by atoms with Crippen molar-refractivity contribution in [2.45, 2.75) is 13.5 Å². The van der Waals surface area contributed by atoms with Crippen LogP contribution in [0.25, 0.3) is 0 Å². The van der Waals surface area contributed by atoms with Crippen LogP contribution in [0.2, 0.25) is 5.02 Å². The molecule has 0 aliphatic rings. The molecule has 0 fully saturated rings. The molecule has 5 heteroatoms. The van der Waals surface area contributed by atoms with Gasteiger partial charge in [-0.1, -0.05) is 23.7 Å². The highest BCUT2D eigenvalue weighted by atomic mass is 127. The van der Waals surface area contributed by atoms with E-state index >= 15 is 0 Å². The van der Waals surface area contributed by atoms with Crippen molar-refractivity contribution in [2.24, 2.45) is 0 Å². The first-order valence-corrected chi connectivity index (χ1v) is 6.49. The van der Waals surface area contributed by atoms with E-state index in [1.807, 2.05) is 53.8 Å². The lowest BCUT2D eigenvalue weighted by molar-refractivity contribution is 0.724. The molecule has 88 valence electrons. The summed E-state index contributed by atoms with van der Waals surface area (Å²) in [6.45, 7) is 2.32. The van der Waals surface area contributed by atoms with Crippen LogP contribution in [0.1, 0.15) is 11.3 Å². The third-order valence-corrected chi connectivity index (χ3v) is 3.88. The summed E-state index contributed by atoms with van der Waals surface area (Å²) in [7, 11) is 0. The fraction of sp³-hybridized carbons (Fsp3) is 0.167. The Morgan fingerprint density at radius 3 is 2.94 bits per heavy atom. The zero-order valence-electron chi connectivity index (χ0n) is 9.15. The van der Waals surface area contributed by atoms with E-state index in [1.165, 1.54) is 0 Å². The van der Waals surface area contributed by atoms with Crippen LogP contribution in [0.15, 0.2) is 35.4 Å². The van der Waals surface area contributed by atoms with Gasteiger partial charge in [0, 0.05) is 5.02 Å². The standard InChI is InChI=1S/C12H10ClIN2O/c1-8-11(14)12(17)16(7-15-8)6-9-3-2-4-10(13)5-9/h2-5,7H,6H2,1H3. The molecule has 0 unspecified atom stereocenters. The zero-order valence-corrected chi connectivity index (χ0v) is 12.1. The van der Waals surface area contributed by atoms with Gasteiger partial charge >= 0.3 is 0 Å². The molecular weight excluding hydrogens is 351 g/mol. The fourth-order valence-electron chi connectivity index (χ4n) is 1.49. The SMILES string of the molecule is Cc1ncn(Cc2cccc(Cl)c2)c(=O)c1I. The summed E-state index contributed by atoms with van der Waals surface area (Å²) in [5, 5.41) is 0.672. The van der Waals surface area contributed by atoms with Gasteiger partial charge in [0.05, 0.1) is 22.1 Å². The second-order valence-electron chi connectivity index (χ2n) is 3.71. The Kier molecular flexibility index (Phi) is 3.83. The molecule has 0 aliphatic carbocycles. The smallest absolute Gasteiger partial charge is 0.267 e. The molecule has 0 aliphatic heterocycles. The van der Waals surface area contributed by atoms with Gasteiger partial charge < -0.3 is 0 Å².